The molecule has 0 saturated heterocycles. The fourth-order valence-electron chi connectivity index (χ4n) is 2.59. The van der Waals surface area contributed by atoms with Gasteiger partial charge in [-0.25, -0.2) is 8.78 Å². The Hall–Kier alpha value is -2.44. The standard InChI is InChI=1S/C18H13Cl2F2N3O/c1-25-15(9-21)16(17(20)24-25)18(26)23-14-5-3-2-4-11(14)10-6-7-13(22)12(19)8-10/h2-8H,9H2,1H3,(H,23,26). The van der Waals surface area contributed by atoms with E-state index in [0.717, 1.165) is 0 Å². The van der Waals surface area contributed by atoms with Crippen LogP contribution in [0.2, 0.25) is 10.2 Å². The van der Waals surface area contributed by atoms with Gasteiger partial charge in [-0.3, -0.25) is 9.48 Å². The number of aromatic nitrogens is 2. The SMILES string of the molecule is Cn1nc(Cl)c(C(=O)Nc2ccccc2-c2ccc(F)c(Cl)c2)c1CF. The maximum Gasteiger partial charge on any atom is 0.260 e. The van der Waals surface area contributed by atoms with E-state index in [0.29, 0.717) is 16.8 Å². The fraction of sp³-hybridized carbons (Fsp3) is 0.111. The summed E-state index contributed by atoms with van der Waals surface area (Å²) in [7, 11) is 1.51. The molecule has 3 rings (SSSR count). The molecule has 0 unspecified atom stereocenters. The molecule has 2 aromatic carbocycles. The van der Waals surface area contributed by atoms with Crippen molar-refractivity contribution in [3.8, 4) is 11.1 Å². The van der Waals surface area contributed by atoms with Crippen LogP contribution in [0.5, 0.6) is 0 Å². The maximum absolute atomic E-state index is 13.4. The van der Waals surface area contributed by atoms with E-state index in [1.807, 2.05) is 0 Å². The van der Waals surface area contributed by atoms with E-state index in [4.69, 9.17) is 23.2 Å². The number of anilines is 1. The molecule has 0 fully saturated rings. The van der Waals surface area contributed by atoms with E-state index >= 15 is 0 Å². The summed E-state index contributed by atoms with van der Waals surface area (Å²) in [6, 6.07) is 11.2. The zero-order chi connectivity index (χ0) is 18.8. The minimum absolute atomic E-state index is 0.0244. The van der Waals surface area contributed by atoms with Gasteiger partial charge < -0.3 is 5.32 Å². The van der Waals surface area contributed by atoms with Crippen LogP contribution in [0.1, 0.15) is 16.1 Å². The van der Waals surface area contributed by atoms with E-state index in [2.05, 4.69) is 10.4 Å². The quantitative estimate of drug-likeness (QED) is 0.655. The predicted molar refractivity (Wildman–Crippen MR) is 97.8 cm³/mol. The molecule has 1 aromatic heterocycles. The van der Waals surface area contributed by atoms with Gasteiger partial charge in [0.15, 0.2) is 5.15 Å². The van der Waals surface area contributed by atoms with Crippen molar-refractivity contribution < 1.29 is 13.6 Å². The smallest absolute Gasteiger partial charge is 0.260 e. The molecule has 0 spiro atoms. The van der Waals surface area contributed by atoms with Gasteiger partial charge in [0.1, 0.15) is 18.1 Å². The highest BCUT2D eigenvalue weighted by atomic mass is 35.5. The number of nitrogens with zero attached hydrogens (tertiary/aromatic N) is 2. The Morgan fingerprint density at radius 3 is 2.65 bits per heavy atom. The lowest BCUT2D eigenvalue weighted by atomic mass is 10.0. The van der Waals surface area contributed by atoms with Crippen molar-refractivity contribution in [1.29, 1.82) is 0 Å². The lowest BCUT2D eigenvalue weighted by molar-refractivity contribution is 0.102. The Balaban J connectivity index is 1.99. The van der Waals surface area contributed by atoms with Gasteiger partial charge in [-0.1, -0.05) is 47.5 Å². The van der Waals surface area contributed by atoms with Gasteiger partial charge in [-0.05, 0) is 23.8 Å². The number of benzene rings is 2. The minimum atomic E-state index is -0.881. The molecule has 1 N–H and O–H groups in total. The summed E-state index contributed by atoms with van der Waals surface area (Å²) in [5.74, 6) is -1.12. The lowest BCUT2D eigenvalue weighted by Crippen LogP contribution is -2.15. The van der Waals surface area contributed by atoms with Gasteiger partial charge in [0.2, 0.25) is 0 Å². The third-order valence-electron chi connectivity index (χ3n) is 3.88. The summed E-state index contributed by atoms with van der Waals surface area (Å²) in [4.78, 5) is 12.6. The summed E-state index contributed by atoms with van der Waals surface area (Å²) < 4.78 is 27.9. The molecule has 1 heterocycles. The van der Waals surface area contributed by atoms with Crippen LogP contribution in [0.15, 0.2) is 42.5 Å². The number of para-hydroxylation sites is 1. The Labute approximate surface area is 158 Å². The van der Waals surface area contributed by atoms with Crippen molar-refractivity contribution in [3.05, 3.63) is 69.7 Å². The summed E-state index contributed by atoms with van der Waals surface area (Å²) in [5.41, 5.74) is 1.75. The normalized spacial score (nSPS) is 10.8. The molecule has 1 amide bonds. The molecule has 0 aliphatic carbocycles. The lowest BCUT2D eigenvalue weighted by Gasteiger charge is -2.12. The van der Waals surface area contributed by atoms with Gasteiger partial charge in [-0.15, -0.1) is 0 Å². The molecule has 0 atom stereocenters. The second kappa shape index (κ2) is 7.43. The predicted octanol–water partition coefficient (Wildman–Crippen LogP) is 5.25. The van der Waals surface area contributed by atoms with Gasteiger partial charge in [0, 0.05) is 18.3 Å². The number of rotatable bonds is 4. The Bertz CT molecular complexity index is 989. The zero-order valence-corrected chi connectivity index (χ0v) is 15.1. The van der Waals surface area contributed by atoms with Crippen LogP contribution < -0.4 is 5.32 Å². The summed E-state index contributed by atoms with van der Waals surface area (Å²) in [6.45, 7) is -0.881. The Kier molecular flexibility index (Phi) is 5.25. The first-order valence-corrected chi connectivity index (χ1v) is 8.31. The fourth-order valence-corrected chi connectivity index (χ4v) is 3.08. The first kappa shape index (κ1) is 18.4. The number of aryl methyl sites for hydroxylation is 1. The third kappa shape index (κ3) is 3.43. The molecule has 0 aliphatic rings. The van der Waals surface area contributed by atoms with Crippen molar-refractivity contribution in [2.24, 2.45) is 7.05 Å². The summed E-state index contributed by atoms with van der Waals surface area (Å²) in [6.07, 6.45) is 0. The number of hydrogen-bond donors (Lipinski definition) is 1. The van der Waals surface area contributed by atoms with Crippen LogP contribution in [-0.2, 0) is 13.7 Å². The minimum Gasteiger partial charge on any atom is -0.321 e. The number of alkyl halides is 1. The molecule has 134 valence electrons. The highest BCUT2D eigenvalue weighted by Crippen LogP contribution is 2.31. The van der Waals surface area contributed by atoms with Gasteiger partial charge in [0.05, 0.1) is 10.7 Å². The van der Waals surface area contributed by atoms with Gasteiger partial charge >= 0.3 is 0 Å². The number of halogens is 4. The van der Waals surface area contributed by atoms with Crippen LogP contribution in [0.3, 0.4) is 0 Å². The van der Waals surface area contributed by atoms with Crippen molar-refractivity contribution >= 4 is 34.8 Å². The van der Waals surface area contributed by atoms with E-state index in [1.54, 1.807) is 30.3 Å². The maximum atomic E-state index is 13.4. The topological polar surface area (TPSA) is 46.9 Å². The highest BCUT2D eigenvalue weighted by molar-refractivity contribution is 6.33. The molecule has 26 heavy (non-hydrogen) atoms. The second-order valence-electron chi connectivity index (χ2n) is 5.50. The Morgan fingerprint density at radius 1 is 1.23 bits per heavy atom. The van der Waals surface area contributed by atoms with Crippen molar-refractivity contribution in [2.45, 2.75) is 6.67 Å². The molecule has 0 saturated carbocycles. The first-order chi connectivity index (χ1) is 12.4. The van der Waals surface area contributed by atoms with E-state index in [1.165, 1.54) is 23.9 Å². The van der Waals surface area contributed by atoms with Gasteiger partial charge in [0.25, 0.3) is 5.91 Å². The first-order valence-electron chi connectivity index (χ1n) is 7.55. The second-order valence-corrected chi connectivity index (χ2v) is 6.26. The zero-order valence-electron chi connectivity index (χ0n) is 13.6. The molecule has 4 nitrogen and oxygen atoms in total. The summed E-state index contributed by atoms with van der Waals surface area (Å²) >= 11 is 11.8. The monoisotopic (exact) mass is 395 g/mol. The average Bonchev–Trinajstić information content (AvgIpc) is 2.91. The summed E-state index contributed by atoms with van der Waals surface area (Å²) in [5, 5.41) is 6.46. The Morgan fingerprint density at radius 2 is 1.96 bits per heavy atom. The van der Waals surface area contributed by atoms with Gasteiger partial charge in [-0.2, -0.15) is 5.10 Å². The molecule has 3 aromatic rings. The third-order valence-corrected chi connectivity index (χ3v) is 4.44. The number of carbonyl (C=O) groups excluding carboxylic acids is 1. The molecular formula is C18H13Cl2F2N3O. The highest BCUT2D eigenvalue weighted by Gasteiger charge is 2.22. The molecular weight excluding hydrogens is 383 g/mol. The number of nitrogens with one attached hydrogen (secondary N) is 1. The van der Waals surface area contributed by atoms with E-state index < -0.39 is 18.4 Å². The van der Waals surface area contributed by atoms with Crippen LogP contribution >= 0.6 is 23.2 Å². The van der Waals surface area contributed by atoms with Crippen molar-refractivity contribution in [2.75, 3.05) is 5.32 Å². The number of hydrogen-bond acceptors (Lipinski definition) is 2. The van der Waals surface area contributed by atoms with Crippen LogP contribution in [0, 0.1) is 5.82 Å². The van der Waals surface area contributed by atoms with Crippen molar-refractivity contribution in [3.63, 3.8) is 0 Å². The van der Waals surface area contributed by atoms with E-state index in [-0.39, 0.29) is 21.4 Å². The number of carbonyl (C=O) groups is 1. The molecule has 0 aliphatic heterocycles. The van der Waals surface area contributed by atoms with Crippen LogP contribution in [-0.4, -0.2) is 15.7 Å². The largest absolute Gasteiger partial charge is 0.321 e. The number of amides is 1. The molecule has 0 radical (unpaired) electrons. The van der Waals surface area contributed by atoms with E-state index in [9.17, 15) is 13.6 Å². The van der Waals surface area contributed by atoms with Crippen molar-refractivity contribution in [1.82, 2.24) is 9.78 Å². The van der Waals surface area contributed by atoms with Crippen LogP contribution in [0.25, 0.3) is 11.1 Å². The molecule has 0 bridgehead atoms. The average molecular weight is 396 g/mol. The van der Waals surface area contributed by atoms with Crippen LogP contribution in [0.4, 0.5) is 14.5 Å². The molecule has 8 heteroatoms.